The van der Waals surface area contributed by atoms with E-state index >= 15 is 0 Å². The van der Waals surface area contributed by atoms with Crippen LogP contribution < -0.4 is 30.2 Å². The summed E-state index contributed by atoms with van der Waals surface area (Å²) < 4.78 is 55.2. The van der Waals surface area contributed by atoms with Crippen molar-refractivity contribution >= 4 is 46.9 Å². The second kappa shape index (κ2) is 15.7. The Bertz CT molecular complexity index is 1780. The molecule has 4 rings (SSSR count). The molecule has 0 saturated carbocycles. The Balaban J connectivity index is 1.53. The number of hydrogen-bond acceptors (Lipinski definition) is 7. The van der Waals surface area contributed by atoms with E-state index in [1.54, 1.807) is 66.7 Å². The average molecular weight is 666 g/mol. The smallest absolute Gasteiger partial charge is 0.416 e. The summed E-state index contributed by atoms with van der Waals surface area (Å²) >= 11 is 1.12. The van der Waals surface area contributed by atoms with Crippen molar-refractivity contribution in [3.63, 3.8) is 0 Å². The molecule has 0 saturated heterocycles. The van der Waals surface area contributed by atoms with Crippen molar-refractivity contribution in [2.75, 3.05) is 37.7 Å². The van der Waals surface area contributed by atoms with Crippen LogP contribution in [0, 0.1) is 0 Å². The van der Waals surface area contributed by atoms with E-state index < -0.39 is 29.5 Å². The molecule has 0 bridgehead atoms. The van der Waals surface area contributed by atoms with Crippen LogP contribution in [0.15, 0.2) is 102 Å². The molecule has 0 aliphatic heterocycles. The molecule has 0 fully saturated rings. The van der Waals surface area contributed by atoms with E-state index in [1.807, 2.05) is 0 Å². The van der Waals surface area contributed by atoms with Gasteiger partial charge in [-0.05, 0) is 60.7 Å². The molecule has 4 aromatic rings. The van der Waals surface area contributed by atoms with Gasteiger partial charge in [0.15, 0.2) is 11.5 Å². The van der Waals surface area contributed by atoms with Crippen LogP contribution in [0.1, 0.15) is 21.5 Å². The second-order valence-corrected chi connectivity index (χ2v) is 10.8. The molecule has 0 unspecified atom stereocenters. The van der Waals surface area contributed by atoms with Gasteiger partial charge in [-0.15, -0.1) is 11.8 Å². The average Bonchev–Trinajstić information content (AvgIpc) is 3.07. The summed E-state index contributed by atoms with van der Waals surface area (Å²) in [7, 11) is 4.38. The zero-order valence-corrected chi connectivity index (χ0v) is 26.3. The van der Waals surface area contributed by atoms with Crippen LogP contribution in [-0.4, -0.2) is 44.8 Å². The van der Waals surface area contributed by atoms with E-state index in [9.17, 15) is 27.6 Å². The monoisotopic (exact) mass is 665 g/mol. The molecule has 9 nitrogen and oxygen atoms in total. The number of nitrogens with one attached hydrogen (secondary N) is 3. The van der Waals surface area contributed by atoms with Gasteiger partial charge in [0, 0.05) is 33.5 Å². The van der Waals surface area contributed by atoms with E-state index in [2.05, 4.69) is 16.0 Å². The highest BCUT2D eigenvalue weighted by Gasteiger charge is 2.30. The van der Waals surface area contributed by atoms with Crippen LogP contribution >= 0.6 is 11.8 Å². The Morgan fingerprint density at radius 2 is 1.38 bits per heavy atom. The number of halogens is 3. The van der Waals surface area contributed by atoms with Crippen molar-refractivity contribution in [2.24, 2.45) is 0 Å². The molecule has 0 radical (unpaired) electrons. The van der Waals surface area contributed by atoms with E-state index in [-0.39, 0.29) is 17.1 Å². The van der Waals surface area contributed by atoms with Crippen LogP contribution in [0.2, 0.25) is 0 Å². The summed E-state index contributed by atoms with van der Waals surface area (Å²) in [5, 5.41) is 7.88. The van der Waals surface area contributed by atoms with Gasteiger partial charge in [-0.25, -0.2) is 0 Å². The molecular formula is C34H30F3N3O6S. The highest BCUT2D eigenvalue weighted by atomic mass is 32.2. The fourth-order valence-electron chi connectivity index (χ4n) is 4.24. The zero-order valence-electron chi connectivity index (χ0n) is 25.4. The quantitative estimate of drug-likeness (QED) is 0.112. The van der Waals surface area contributed by atoms with Crippen molar-refractivity contribution in [1.29, 1.82) is 0 Å². The van der Waals surface area contributed by atoms with Crippen molar-refractivity contribution in [2.45, 2.75) is 11.1 Å². The Morgan fingerprint density at radius 1 is 0.745 bits per heavy atom. The second-order valence-electron chi connectivity index (χ2n) is 9.72. The van der Waals surface area contributed by atoms with Crippen molar-refractivity contribution in [3.05, 3.63) is 113 Å². The number of ether oxygens (including phenoxy) is 3. The first-order chi connectivity index (χ1) is 22.5. The molecule has 0 atom stereocenters. The van der Waals surface area contributed by atoms with E-state index in [1.165, 1.54) is 39.5 Å². The van der Waals surface area contributed by atoms with Gasteiger partial charge in [0.2, 0.25) is 5.91 Å². The van der Waals surface area contributed by atoms with Crippen molar-refractivity contribution in [3.8, 4) is 17.2 Å². The molecule has 0 aliphatic carbocycles. The Morgan fingerprint density at radius 3 is 2.04 bits per heavy atom. The first kappa shape index (κ1) is 34.4. The highest BCUT2D eigenvalue weighted by Crippen LogP contribution is 2.36. The molecular weight excluding hydrogens is 635 g/mol. The maximum Gasteiger partial charge on any atom is 0.416 e. The number of thioether (sulfide) groups is 1. The molecule has 3 N–H and O–H groups in total. The number of carbonyl (C=O) groups excluding carboxylic acids is 3. The van der Waals surface area contributed by atoms with Gasteiger partial charge in [0.1, 0.15) is 11.4 Å². The van der Waals surface area contributed by atoms with Crippen LogP contribution in [0.25, 0.3) is 6.08 Å². The largest absolute Gasteiger partial charge is 0.496 e. The van der Waals surface area contributed by atoms with Gasteiger partial charge < -0.3 is 30.2 Å². The lowest BCUT2D eigenvalue weighted by molar-refractivity contribution is -0.137. The number of rotatable bonds is 12. The first-order valence-electron chi connectivity index (χ1n) is 13.9. The van der Waals surface area contributed by atoms with Gasteiger partial charge in [0.25, 0.3) is 11.8 Å². The third-order valence-electron chi connectivity index (χ3n) is 6.50. The fourth-order valence-corrected chi connectivity index (χ4v) is 5.00. The molecule has 47 heavy (non-hydrogen) atoms. The van der Waals surface area contributed by atoms with Crippen molar-refractivity contribution < 1.29 is 41.8 Å². The number of hydrogen-bond donors (Lipinski definition) is 3. The topological polar surface area (TPSA) is 115 Å². The molecule has 244 valence electrons. The minimum Gasteiger partial charge on any atom is -0.496 e. The summed E-state index contributed by atoms with van der Waals surface area (Å²) in [5.41, 5.74) is 0.145. The molecule has 3 amide bonds. The lowest BCUT2D eigenvalue weighted by Crippen LogP contribution is -2.30. The number of alkyl halides is 3. The number of amides is 3. The third kappa shape index (κ3) is 9.53. The minimum atomic E-state index is -4.53. The van der Waals surface area contributed by atoms with Gasteiger partial charge in [0.05, 0.1) is 32.6 Å². The standard InChI is InChI=1S/C34H30F3N3O6S/c1-44-28-19-30(46-3)29(45-2)16-22(28)15-27(40-32(42)21-9-5-4-6-10-21)33(43)39-25-13-8-14-26(18-25)47-20-31(41)38-24-12-7-11-23(17-24)34(35,36)37/h4-19H,20H2,1-3H3,(H,38,41)(H,39,43)(H,40,42)/b27-15+. The summed E-state index contributed by atoms with van der Waals surface area (Å²) in [5.74, 6) is -0.678. The summed E-state index contributed by atoms with van der Waals surface area (Å²) in [6.07, 6.45) is -3.10. The summed E-state index contributed by atoms with van der Waals surface area (Å²) in [6, 6.07) is 22.5. The number of methoxy groups -OCH3 is 3. The summed E-state index contributed by atoms with van der Waals surface area (Å²) in [4.78, 5) is 39.7. The van der Waals surface area contributed by atoms with E-state index in [4.69, 9.17) is 14.2 Å². The molecule has 0 aromatic heterocycles. The van der Waals surface area contributed by atoms with Gasteiger partial charge in [-0.2, -0.15) is 13.2 Å². The number of benzene rings is 4. The van der Waals surface area contributed by atoms with Crippen molar-refractivity contribution in [1.82, 2.24) is 5.32 Å². The molecule has 4 aromatic carbocycles. The molecule has 0 aliphatic rings. The van der Waals surface area contributed by atoms with Crippen LogP contribution in [-0.2, 0) is 15.8 Å². The van der Waals surface area contributed by atoms with Crippen LogP contribution in [0.4, 0.5) is 24.5 Å². The SMILES string of the molecule is COc1cc(OC)c(OC)cc1/C=C(/NC(=O)c1ccccc1)C(=O)Nc1cccc(SCC(=O)Nc2cccc(C(F)(F)F)c2)c1. The van der Waals surface area contributed by atoms with Gasteiger partial charge >= 0.3 is 6.18 Å². The first-order valence-corrected chi connectivity index (χ1v) is 14.9. The zero-order chi connectivity index (χ0) is 34.0. The molecule has 13 heteroatoms. The van der Waals surface area contributed by atoms with Crippen LogP contribution in [0.5, 0.6) is 17.2 Å². The maximum atomic E-state index is 13.6. The molecule has 0 spiro atoms. The minimum absolute atomic E-state index is 0.0226. The fraction of sp³-hybridized carbons (Fsp3) is 0.147. The third-order valence-corrected chi connectivity index (χ3v) is 7.49. The van der Waals surface area contributed by atoms with E-state index in [0.717, 1.165) is 23.9 Å². The lowest BCUT2D eigenvalue weighted by atomic mass is 10.1. The number of anilines is 2. The number of carbonyl (C=O) groups is 3. The predicted molar refractivity (Wildman–Crippen MR) is 174 cm³/mol. The van der Waals surface area contributed by atoms with Crippen LogP contribution in [0.3, 0.4) is 0 Å². The normalized spacial score (nSPS) is 11.3. The summed E-state index contributed by atoms with van der Waals surface area (Å²) in [6.45, 7) is 0. The molecule has 0 heterocycles. The Kier molecular flexibility index (Phi) is 11.5. The Hall–Kier alpha value is -5.43. The lowest BCUT2D eigenvalue weighted by Gasteiger charge is -2.15. The van der Waals surface area contributed by atoms with E-state index in [0.29, 0.717) is 39.0 Å². The maximum absolute atomic E-state index is 13.6. The van der Waals surface area contributed by atoms with Gasteiger partial charge in [-0.1, -0.05) is 30.3 Å². The highest BCUT2D eigenvalue weighted by molar-refractivity contribution is 8.00. The van der Waals surface area contributed by atoms with Gasteiger partial charge in [-0.3, -0.25) is 14.4 Å². The predicted octanol–water partition coefficient (Wildman–Crippen LogP) is 6.87. The Labute approximate surface area is 273 Å².